The largest absolute Gasteiger partial charge is 0.396 e. The van der Waals surface area contributed by atoms with E-state index in [1.54, 1.807) is 0 Å². The second-order valence-corrected chi connectivity index (χ2v) is 7.60. The molecule has 3 N–H and O–H groups in total. The first-order valence-electron chi connectivity index (χ1n) is 11.4. The molecule has 0 saturated carbocycles. The standard InChI is InChI=1S/C22H48N2O/c1-3-24(4-2)22(23)20-18-16-14-12-10-8-6-5-7-9-11-13-15-17-19-21-25/h22,25H,3-21,23H2,1-2H3. The van der Waals surface area contributed by atoms with E-state index in [0.717, 1.165) is 25.9 Å². The van der Waals surface area contributed by atoms with Crippen molar-refractivity contribution in [3.05, 3.63) is 0 Å². The smallest absolute Gasteiger partial charge is 0.0571 e. The molecule has 0 aliphatic rings. The predicted octanol–water partition coefficient (Wildman–Crippen LogP) is 5.85. The lowest BCUT2D eigenvalue weighted by Crippen LogP contribution is -2.41. The maximum absolute atomic E-state index is 8.72. The Morgan fingerprint density at radius 2 is 0.920 bits per heavy atom. The van der Waals surface area contributed by atoms with Crippen LogP contribution in [0.4, 0.5) is 0 Å². The van der Waals surface area contributed by atoms with E-state index < -0.39 is 0 Å². The van der Waals surface area contributed by atoms with Gasteiger partial charge < -0.3 is 10.8 Å². The molecule has 0 amide bonds. The lowest BCUT2D eigenvalue weighted by atomic mass is 10.0. The normalized spacial score (nSPS) is 12.8. The van der Waals surface area contributed by atoms with Crippen LogP contribution in [0.5, 0.6) is 0 Å². The first-order valence-corrected chi connectivity index (χ1v) is 11.4. The van der Waals surface area contributed by atoms with Crippen molar-refractivity contribution in [3.63, 3.8) is 0 Å². The fourth-order valence-corrected chi connectivity index (χ4v) is 3.64. The zero-order valence-corrected chi connectivity index (χ0v) is 17.5. The van der Waals surface area contributed by atoms with Crippen molar-refractivity contribution < 1.29 is 5.11 Å². The summed E-state index contributed by atoms with van der Waals surface area (Å²) in [6.45, 7) is 6.90. The molecule has 0 aromatic heterocycles. The summed E-state index contributed by atoms with van der Waals surface area (Å²) in [5.41, 5.74) is 6.22. The highest BCUT2D eigenvalue weighted by atomic mass is 16.2. The van der Waals surface area contributed by atoms with Crippen LogP contribution in [0.3, 0.4) is 0 Å². The van der Waals surface area contributed by atoms with E-state index >= 15 is 0 Å². The molecule has 0 fully saturated rings. The van der Waals surface area contributed by atoms with E-state index in [4.69, 9.17) is 10.8 Å². The maximum atomic E-state index is 8.72. The number of hydrogen-bond acceptors (Lipinski definition) is 3. The van der Waals surface area contributed by atoms with Gasteiger partial charge in [-0.15, -0.1) is 0 Å². The molecular weight excluding hydrogens is 308 g/mol. The number of unbranched alkanes of at least 4 members (excludes halogenated alkanes) is 14. The van der Waals surface area contributed by atoms with Gasteiger partial charge in [-0.1, -0.05) is 104 Å². The summed E-state index contributed by atoms with van der Waals surface area (Å²) in [5, 5.41) is 8.72. The minimum Gasteiger partial charge on any atom is -0.396 e. The zero-order valence-electron chi connectivity index (χ0n) is 17.5. The summed E-state index contributed by atoms with van der Waals surface area (Å²) in [5.74, 6) is 0. The van der Waals surface area contributed by atoms with Gasteiger partial charge in [-0.2, -0.15) is 0 Å². The molecule has 0 aromatic carbocycles. The Hall–Kier alpha value is -0.120. The Morgan fingerprint density at radius 1 is 0.600 bits per heavy atom. The number of hydrogen-bond donors (Lipinski definition) is 2. The van der Waals surface area contributed by atoms with Gasteiger partial charge in [0, 0.05) is 6.61 Å². The van der Waals surface area contributed by atoms with Gasteiger partial charge in [-0.05, 0) is 25.9 Å². The van der Waals surface area contributed by atoms with Crippen molar-refractivity contribution >= 4 is 0 Å². The van der Waals surface area contributed by atoms with Crippen LogP contribution in [-0.2, 0) is 0 Å². The van der Waals surface area contributed by atoms with Gasteiger partial charge in [0.2, 0.25) is 0 Å². The topological polar surface area (TPSA) is 49.5 Å². The molecule has 0 aliphatic carbocycles. The molecule has 25 heavy (non-hydrogen) atoms. The van der Waals surface area contributed by atoms with Gasteiger partial charge in [-0.3, -0.25) is 4.90 Å². The van der Waals surface area contributed by atoms with Crippen LogP contribution in [0.2, 0.25) is 0 Å². The van der Waals surface area contributed by atoms with Crippen molar-refractivity contribution in [2.75, 3.05) is 19.7 Å². The SMILES string of the molecule is CCN(CC)C(N)CCCCCCCCCCCCCCCCCO. The van der Waals surface area contributed by atoms with E-state index in [9.17, 15) is 0 Å². The summed E-state index contributed by atoms with van der Waals surface area (Å²) in [6, 6.07) is 0. The van der Waals surface area contributed by atoms with Crippen LogP contribution < -0.4 is 5.73 Å². The fourth-order valence-electron chi connectivity index (χ4n) is 3.64. The first kappa shape index (κ1) is 24.9. The third-order valence-corrected chi connectivity index (χ3v) is 5.44. The Balaban J connectivity index is 3.14. The minimum absolute atomic E-state index is 0.268. The molecule has 0 spiro atoms. The summed E-state index contributed by atoms with van der Waals surface area (Å²) in [7, 11) is 0. The van der Waals surface area contributed by atoms with Gasteiger partial charge in [0.1, 0.15) is 0 Å². The summed E-state index contributed by atoms with van der Waals surface area (Å²) in [6.07, 6.45) is 21.6. The highest BCUT2D eigenvalue weighted by Crippen LogP contribution is 2.14. The molecule has 0 rings (SSSR count). The van der Waals surface area contributed by atoms with Crippen LogP contribution in [0, 0.1) is 0 Å². The molecule has 0 saturated heterocycles. The second kappa shape index (κ2) is 20.2. The zero-order chi connectivity index (χ0) is 18.6. The van der Waals surface area contributed by atoms with Crippen molar-refractivity contribution in [2.24, 2.45) is 5.73 Å². The van der Waals surface area contributed by atoms with Crippen LogP contribution in [0.25, 0.3) is 0 Å². The Kier molecular flexibility index (Phi) is 20.1. The Morgan fingerprint density at radius 3 is 1.24 bits per heavy atom. The number of aliphatic hydroxyl groups excluding tert-OH is 1. The van der Waals surface area contributed by atoms with Crippen LogP contribution >= 0.6 is 0 Å². The van der Waals surface area contributed by atoms with E-state index in [0.29, 0.717) is 6.61 Å². The molecule has 0 aliphatic heterocycles. The van der Waals surface area contributed by atoms with Crippen LogP contribution in [0.15, 0.2) is 0 Å². The molecule has 3 nitrogen and oxygen atoms in total. The van der Waals surface area contributed by atoms with Crippen LogP contribution in [0.1, 0.15) is 117 Å². The molecule has 0 bridgehead atoms. The van der Waals surface area contributed by atoms with Crippen molar-refractivity contribution in [1.29, 1.82) is 0 Å². The van der Waals surface area contributed by atoms with Crippen molar-refractivity contribution in [2.45, 2.75) is 123 Å². The van der Waals surface area contributed by atoms with E-state index in [-0.39, 0.29) is 6.17 Å². The van der Waals surface area contributed by atoms with Gasteiger partial charge in [0.25, 0.3) is 0 Å². The quantitative estimate of drug-likeness (QED) is 0.212. The first-order chi connectivity index (χ1) is 12.3. The number of nitrogens with two attached hydrogens (primary N) is 1. The third kappa shape index (κ3) is 17.1. The Bertz CT molecular complexity index is 244. The van der Waals surface area contributed by atoms with Gasteiger partial charge in [-0.25, -0.2) is 0 Å². The Labute approximate surface area is 158 Å². The highest BCUT2D eigenvalue weighted by Gasteiger charge is 2.09. The van der Waals surface area contributed by atoms with Gasteiger partial charge in [0.15, 0.2) is 0 Å². The highest BCUT2D eigenvalue weighted by molar-refractivity contribution is 4.63. The van der Waals surface area contributed by atoms with Gasteiger partial charge >= 0.3 is 0 Å². The number of nitrogens with zero attached hydrogens (tertiary/aromatic N) is 1. The third-order valence-electron chi connectivity index (χ3n) is 5.44. The minimum atomic E-state index is 0.268. The summed E-state index contributed by atoms with van der Waals surface area (Å²) < 4.78 is 0. The average molecular weight is 357 g/mol. The number of aliphatic hydroxyl groups is 1. The molecule has 1 unspecified atom stereocenters. The number of rotatable bonds is 20. The molecule has 0 aromatic rings. The molecule has 0 radical (unpaired) electrons. The van der Waals surface area contributed by atoms with Crippen LogP contribution in [-0.4, -0.2) is 35.9 Å². The predicted molar refractivity (Wildman–Crippen MR) is 112 cm³/mol. The fraction of sp³-hybridized carbons (Fsp3) is 1.00. The maximum Gasteiger partial charge on any atom is 0.0571 e. The molecular formula is C22H48N2O. The second-order valence-electron chi connectivity index (χ2n) is 7.60. The van der Waals surface area contributed by atoms with E-state index in [1.807, 2.05) is 0 Å². The summed E-state index contributed by atoms with van der Waals surface area (Å²) in [4.78, 5) is 2.36. The molecule has 152 valence electrons. The molecule has 1 atom stereocenters. The lowest BCUT2D eigenvalue weighted by molar-refractivity contribution is 0.207. The van der Waals surface area contributed by atoms with E-state index in [2.05, 4.69) is 18.7 Å². The van der Waals surface area contributed by atoms with Gasteiger partial charge in [0.05, 0.1) is 6.17 Å². The summed E-state index contributed by atoms with van der Waals surface area (Å²) >= 11 is 0. The lowest BCUT2D eigenvalue weighted by Gasteiger charge is -2.25. The average Bonchev–Trinajstić information content (AvgIpc) is 2.62. The molecule has 0 heterocycles. The molecule has 3 heteroatoms. The van der Waals surface area contributed by atoms with E-state index in [1.165, 1.54) is 89.9 Å². The van der Waals surface area contributed by atoms with Crippen molar-refractivity contribution in [1.82, 2.24) is 4.90 Å². The van der Waals surface area contributed by atoms with Crippen molar-refractivity contribution in [3.8, 4) is 0 Å². The monoisotopic (exact) mass is 356 g/mol.